The molecule has 1 unspecified atom stereocenters. The van der Waals surface area contributed by atoms with Gasteiger partial charge in [0.25, 0.3) is 0 Å². The lowest BCUT2D eigenvalue weighted by Crippen LogP contribution is -2.50. The highest BCUT2D eigenvalue weighted by molar-refractivity contribution is 6.27. The number of nitrogens with one attached hydrogen (secondary N) is 2. The molecular formula is C29H32N4O6. The third-order valence-electron chi connectivity index (χ3n) is 8.25. The molecule has 5 heterocycles. The second-order valence-corrected chi connectivity index (χ2v) is 10.6. The van der Waals surface area contributed by atoms with Crippen molar-refractivity contribution in [3.8, 4) is 5.75 Å². The molecule has 0 amide bonds. The van der Waals surface area contributed by atoms with E-state index in [1.54, 1.807) is 0 Å². The van der Waals surface area contributed by atoms with E-state index in [9.17, 15) is 0 Å². The minimum atomic E-state index is -1.82. The van der Waals surface area contributed by atoms with Crippen molar-refractivity contribution in [1.29, 1.82) is 0 Å². The van der Waals surface area contributed by atoms with Crippen molar-refractivity contribution >= 4 is 23.3 Å². The Morgan fingerprint density at radius 3 is 2.44 bits per heavy atom. The normalized spacial score (nSPS) is 23.9. The molecule has 10 nitrogen and oxygen atoms in total. The quantitative estimate of drug-likeness (QED) is 0.295. The summed E-state index contributed by atoms with van der Waals surface area (Å²) >= 11 is 0. The van der Waals surface area contributed by atoms with Crippen molar-refractivity contribution in [2.75, 3.05) is 36.6 Å². The minimum absolute atomic E-state index is 0.00914. The van der Waals surface area contributed by atoms with Crippen LogP contribution in [0.4, 0.5) is 11.4 Å². The maximum absolute atomic E-state index is 9.10. The Morgan fingerprint density at radius 2 is 1.69 bits per heavy atom. The van der Waals surface area contributed by atoms with Gasteiger partial charge >= 0.3 is 11.9 Å². The first-order valence-corrected chi connectivity index (χ1v) is 13.2. The first-order chi connectivity index (χ1) is 18.9. The predicted octanol–water partition coefficient (Wildman–Crippen LogP) is 3.50. The fourth-order valence-electron chi connectivity index (χ4n) is 6.28. The Hall–Kier alpha value is -4.02. The number of ether oxygens (including phenoxy) is 2. The molecule has 39 heavy (non-hydrogen) atoms. The summed E-state index contributed by atoms with van der Waals surface area (Å²) in [4.78, 5) is 20.6. The van der Waals surface area contributed by atoms with Crippen LogP contribution in [0.2, 0.25) is 0 Å². The summed E-state index contributed by atoms with van der Waals surface area (Å²) in [6.07, 6.45) is 5.28. The Labute approximate surface area is 226 Å². The number of epoxide rings is 1. The van der Waals surface area contributed by atoms with Crippen molar-refractivity contribution in [1.82, 2.24) is 9.88 Å². The van der Waals surface area contributed by atoms with Crippen molar-refractivity contribution in [3.05, 3.63) is 78.1 Å². The lowest BCUT2D eigenvalue weighted by atomic mass is 9.68. The summed E-state index contributed by atoms with van der Waals surface area (Å²) in [6.45, 7) is 4.43. The number of aromatic nitrogens is 1. The fourth-order valence-corrected chi connectivity index (χ4v) is 6.28. The molecule has 0 radical (unpaired) electrons. The zero-order valence-corrected chi connectivity index (χ0v) is 21.5. The van der Waals surface area contributed by atoms with Crippen molar-refractivity contribution < 1.29 is 29.3 Å². The zero-order valence-electron chi connectivity index (χ0n) is 21.5. The molecule has 7 rings (SSSR count). The molecule has 0 aliphatic carbocycles. The molecule has 2 atom stereocenters. The lowest BCUT2D eigenvalue weighted by molar-refractivity contribution is -0.159. The highest BCUT2D eigenvalue weighted by Crippen LogP contribution is 2.56. The number of piperidine rings is 1. The predicted molar refractivity (Wildman–Crippen MR) is 144 cm³/mol. The molecule has 0 saturated carbocycles. The Kier molecular flexibility index (Phi) is 6.44. The molecule has 4 N–H and O–H groups in total. The number of anilines is 2. The van der Waals surface area contributed by atoms with Crippen LogP contribution in [0.5, 0.6) is 5.75 Å². The fraction of sp³-hybridized carbons (Fsp3) is 0.379. The molecule has 2 aromatic carbocycles. The van der Waals surface area contributed by atoms with Crippen LogP contribution in [0.25, 0.3) is 0 Å². The van der Waals surface area contributed by atoms with E-state index in [1.165, 1.54) is 22.6 Å². The number of para-hydroxylation sites is 3. The highest BCUT2D eigenvalue weighted by Gasteiger charge is 2.59. The molecule has 1 aromatic heterocycles. The van der Waals surface area contributed by atoms with Gasteiger partial charge in [-0.15, -0.1) is 0 Å². The summed E-state index contributed by atoms with van der Waals surface area (Å²) in [5.41, 5.74) is 4.67. The first kappa shape index (κ1) is 25.3. The average molecular weight is 533 g/mol. The number of nitrogens with zero attached hydrogens (tertiary/aromatic N) is 2. The van der Waals surface area contributed by atoms with Crippen LogP contribution in [-0.2, 0) is 20.9 Å². The van der Waals surface area contributed by atoms with Crippen molar-refractivity contribution in [3.63, 3.8) is 0 Å². The number of carboxylic acid groups (broad SMARTS) is 2. The number of hydrogen-bond acceptors (Lipinski definition) is 7. The van der Waals surface area contributed by atoms with E-state index in [4.69, 9.17) is 29.3 Å². The van der Waals surface area contributed by atoms with Gasteiger partial charge in [-0.3, -0.25) is 0 Å². The molecule has 4 aliphatic rings. The molecule has 204 valence electrons. The number of hydrogen-bond donors (Lipinski definition) is 4. The van der Waals surface area contributed by atoms with Crippen LogP contribution in [0.15, 0.2) is 66.9 Å². The number of rotatable bonds is 4. The van der Waals surface area contributed by atoms with Gasteiger partial charge in [0.15, 0.2) is 5.72 Å². The smallest absolute Gasteiger partial charge is 0.414 e. The Bertz CT molecular complexity index is 1370. The summed E-state index contributed by atoms with van der Waals surface area (Å²) in [7, 11) is 0. The summed E-state index contributed by atoms with van der Waals surface area (Å²) in [5.74, 6) is -2.63. The molecule has 0 spiro atoms. The van der Waals surface area contributed by atoms with Gasteiger partial charge < -0.3 is 39.8 Å². The largest absolute Gasteiger partial charge is 0.483 e. The van der Waals surface area contributed by atoms with Crippen molar-refractivity contribution in [2.24, 2.45) is 5.41 Å². The van der Waals surface area contributed by atoms with E-state index in [0.717, 1.165) is 57.9 Å². The third kappa shape index (κ3) is 4.70. The zero-order chi connectivity index (χ0) is 27.0. The van der Waals surface area contributed by atoms with Crippen LogP contribution < -0.4 is 20.3 Å². The highest BCUT2D eigenvalue weighted by atomic mass is 16.6. The second-order valence-electron chi connectivity index (χ2n) is 10.6. The van der Waals surface area contributed by atoms with Gasteiger partial charge in [0.1, 0.15) is 11.9 Å². The standard InChI is InChI=1S/C27H30N4O2.C2H2O4/c1-4-10-24-20(6-1)16-30-15-5-9-23(30)25(33-24)26(11-13-28-14-12-26)17-27(18-32-27)31-19-29-21-7-2-3-8-22(21)31;3-1(4)2(5)6/h1-10,15,25,28-29H,11-14,16-19H2;(H,3,4)(H,5,6)/t25?,27-;/m1./s1. The molecular weight excluding hydrogens is 500 g/mol. The minimum Gasteiger partial charge on any atom is -0.483 e. The number of carboxylic acids is 2. The Balaban J connectivity index is 0.000000418. The van der Waals surface area contributed by atoms with E-state index in [-0.39, 0.29) is 17.2 Å². The SMILES string of the molecule is O=C(O)C(=O)O.c1ccc2c(c1)Cn1cccc1C(C1(C[C@]3(N4CNc5ccccc54)CO3)CCNCC1)O2. The number of carbonyl (C=O) groups is 2. The lowest BCUT2D eigenvalue weighted by Gasteiger charge is -2.46. The first-order valence-electron chi connectivity index (χ1n) is 13.2. The van der Waals surface area contributed by atoms with Gasteiger partial charge in [0, 0.05) is 23.6 Å². The summed E-state index contributed by atoms with van der Waals surface area (Å²) in [6, 6.07) is 21.5. The van der Waals surface area contributed by atoms with Gasteiger partial charge in [0.2, 0.25) is 0 Å². The van der Waals surface area contributed by atoms with E-state index in [1.807, 2.05) is 0 Å². The maximum atomic E-state index is 9.10. The van der Waals surface area contributed by atoms with Crippen LogP contribution >= 0.6 is 0 Å². The van der Waals surface area contributed by atoms with Crippen LogP contribution in [0.1, 0.15) is 36.6 Å². The average Bonchev–Trinajstić information content (AvgIpc) is 3.39. The van der Waals surface area contributed by atoms with Gasteiger partial charge in [-0.2, -0.15) is 0 Å². The molecule has 4 aliphatic heterocycles. The van der Waals surface area contributed by atoms with Gasteiger partial charge in [0.05, 0.1) is 36.9 Å². The van der Waals surface area contributed by atoms with Gasteiger partial charge in [-0.1, -0.05) is 30.3 Å². The molecule has 0 bridgehead atoms. The van der Waals surface area contributed by atoms with Crippen LogP contribution in [-0.4, -0.2) is 58.8 Å². The topological polar surface area (TPSA) is 129 Å². The van der Waals surface area contributed by atoms with Gasteiger partial charge in [-0.05, 0) is 56.3 Å². The van der Waals surface area contributed by atoms with E-state index in [2.05, 4.69) is 87.0 Å². The van der Waals surface area contributed by atoms with Crippen LogP contribution in [0.3, 0.4) is 0 Å². The number of benzene rings is 2. The van der Waals surface area contributed by atoms with Gasteiger partial charge in [-0.25, -0.2) is 9.59 Å². The monoisotopic (exact) mass is 532 g/mol. The van der Waals surface area contributed by atoms with Crippen molar-refractivity contribution in [2.45, 2.75) is 37.6 Å². The molecule has 10 heteroatoms. The summed E-state index contributed by atoms with van der Waals surface area (Å²) < 4.78 is 15.7. The second kappa shape index (κ2) is 9.94. The number of aliphatic carboxylic acids is 2. The van der Waals surface area contributed by atoms with Crippen LogP contribution in [0, 0.1) is 5.41 Å². The van der Waals surface area contributed by atoms with E-state index < -0.39 is 11.9 Å². The van der Waals surface area contributed by atoms with E-state index in [0.29, 0.717) is 0 Å². The number of fused-ring (bicyclic) bond motifs is 3. The maximum Gasteiger partial charge on any atom is 0.414 e. The van der Waals surface area contributed by atoms with E-state index >= 15 is 0 Å². The Morgan fingerprint density at radius 1 is 0.974 bits per heavy atom. The summed E-state index contributed by atoms with van der Waals surface area (Å²) in [5, 5.41) is 21.9. The molecule has 3 aromatic rings. The molecule has 2 saturated heterocycles. The third-order valence-corrected chi connectivity index (χ3v) is 8.25. The molecule has 2 fully saturated rings.